The second-order valence-electron chi connectivity index (χ2n) is 2.39. The van der Waals surface area contributed by atoms with Gasteiger partial charge < -0.3 is 4.74 Å². The Morgan fingerprint density at radius 3 is 3.11 bits per heavy atom. The standard InChI is InChI=1S/C6H7NOS/c1-6(3-8-6)5-2-9-4-7-5/h2,4H,3H2,1H3. The van der Waals surface area contributed by atoms with E-state index in [0.717, 1.165) is 12.3 Å². The molecule has 0 amide bonds. The quantitative estimate of drug-likeness (QED) is 0.552. The Kier molecular flexibility index (Phi) is 0.926. The van der Waals surface area contributed by atoms with Gasteiger partial charge in [-0.1, -0.05) is 0 Å². The molecule has 2 nitrogen and oxygen atoms in total. The van der Waals surface area contributed by atoms with Gasteiger partial charge in [-0.05, 0) is 6.92 Å². The van der Waals surface area contributed by atoms with E-state index in [0.29, 0.717) is 0 Å². The SMILES string of the molecule is CC1(c2cscn2)CO1. The van der Waals surface area contributed by atoms with E-state index in [2.05, 4.69) is 11.9 Å². The third kappa shape index (κ3) is 0.767. The number of ether oxygens (including phenoxy) is 1. The number of rotatable bonds is 1. The van der Waals surface area contributed by atoms with Gasteiger partial charge in [0.25, 0.3) is 0 Å². The number of hydrogen-bond acceptors (Lipinski definition) is 3. The van der Waals surface area contributed by atoms with E-state index >= 15 is 0 Å². The van der Waals surface area contributed by atoms with Crippen molar-refractivity contribution in [3.8, 4) is 0 Å². The lowest BCUT2D eigenvalue weighted by molar-refractivity contribution is 0.325. The summed E-state index contributed by atoms with van der Waals surface area (Å²) in [5.41, 5.74) is 2.88. The van der Waals surface area contributed by atoms with Crippen molar-refractivity contribution in [2.45, 2.75) is 12.5 Å². The Bertz CT molecular complexity index is 203. The molecule has 1 aromatic heterocycles. The smallest absolute Gasteiger partial charge is 0.131 e. The predicted octanol–water partition coefficient (Wildman–Crippen LogP) is 1.39. The molecule has 1 unspecified atom stereocenters. The summed E-state index contributed by atoms with van der Waals surface area (Å²) in [5, 5.41) is 2.03. The molecular weight excluding hydrogens is 134 g/mol. The van der Waals surface area contributed by atoms with Crippen molar-refractivity contribution in [1.82, 2.24) is 4.98 Å². The van der Waals surface area contributed by atoms with Gasteiger partial charge in [0.1, 0.15) is 5.60 Å². The second kappa shape index (κ2) is 1.55. The zero-order valence-electron chi connectivity index (χ0n) is 5.13. The zero-order chi connectivity index (χ0) is 6.32. The van der Waals surface area contributed by atoms with Crippen molar-refractivity contribution < 1.29 is 4.74 Å². The van der Waals surface area contributed by atoms with Crippen LogP contribution in [0.1, 0.15) is 12.6 Å². The van der Waals surface area contributed by atoms with Gasteiger partial charge in [-0.25, -0.2) is 4.98 Å². The van der Waals surface area contributed by atoms with Crippen LogP contribution in [0.25, 0.3) is 0 Å². The summed E-state index contributed by atoms with van der Waals surface area (Å²) >= 11 is 1.62. The average molecular weight is 141 g/mol. The summed E-state index contributed by atoms with van der Waals surface area (Å²) in [5.74, 6) is 0. The third-order valence-corrected chi connectivity index (χ3v) is 2.14. The van der Waals surface area contributed by atoms with E-state index in [1.807, 2.05) is 10.9 Å². The molecule has 3 heteroatoms. The van der Waals surface area contributed by atoms with Crippen molar-refractivity contribution in [1.29, 1.82) is 0 Å². The molecule has 2 rings (SSSR count). The van der Waals surface area contributed by atoms with Crippen LogP contribution >= 0.6 is 11.3 Å². The van der Waals surface area contributed by atoms with Crippen molar-refractivity contribution in [2.75, 3.05) is 6.61 Å². The lowest BCUT2D eigenvalue weighted by Crippen LogP contribution is -2.00. The fourth-order valence-electron chi connectivity index (χ4n) is 0.730. The maximum Gasteiger partial charge on any atom is 0.131 e. The van der Waals surface area contributed by atoms with Gasteiger partial charge in [-0.3, -0.25) is 0 Å². The zero-order valence-corrected chi connectivity index (χ0v) is 5.94. The molecule has 9 heavy (non-hydrogen) atoms. The molecular formula is C6H7NOS. The van der Waals surface area contributed by atoms with Crippen molar-refractivity contribution >= 4 is 11.3 Å². The van der Waals surface area contributed by atoms with Crippen LogP contribution in [0.5, 0.6) is 0 Å². The third-order valence-electron chi connectivity index (χ3n) is 1.55. The Balaban J connectivity index is 2.34. The van der Waals surface area contributed by atoms with E-state index < -0.39 is 0 Å². The van der Waals surface area contributed by atoms with Gasteiger partial charge in [-0.2, -0.15) is 0 Å². The molecule has 1 aliphatic rings. The molecule has 1 fully saturated rings. The molecule has 0 spiro atoms. The van der Waals surface area contributed by atoms with Crippen LogP contribution < -0.4 is 0 Å². The normalized spacial score (nSPS) is 32.6. The molecule has 0 aliphatic carbocycles. The molecule has 0 saturated carbocycles. The summed E-state index contributed by atoms with van der Waals surface area (Å²) in [6.07, 6.45) is 0. The number of thiazole rings is 1. The van der Waals surface area contributed by atoms with Gasteiger partial charge in [0.15, 0.2) is 0 Å². The monoisotopic (exact) mass is 141 g/mol. The average Bonchev–Trinajstić information content (AvgIpc) is 2.46. The Morgan fingerprint density at radius 1 is 1.89 bits per heavy atom. The first-order valence-corrected chi connectivity index (χ1v) is 3.78. The largest absolute Gasteiger partial charge is 0.363 e. The first-order chi connectivity index (χ1) is 4.31. The lowest BCUT2D eigenvalue weighted by atomic mass is 10.1. The minimum atomic E-state index is -0.0278. The fourth-order valence-corrected chi connectivity index (χ4v) is 1.40. The Morgan fingerprint density at radius 2 is 2.67 bits per heavy atom. The Hall–Kier alpha value is -0.410. The van der Waals surface area contributed by atoms with Gasteiger partial charge in [0, 0.05) is 5.38 Å². The minimum Gasteiger partial charge on any atom is -0.363 e. The van der Waals surface area contributed by atoms with Crippen LogP contribution in [0.15, 0.2) is 10.9 Å². The predicted molar refractivity (Wildman–Crippen MR) is 35.4 cm³/mol. The van der Waals surface area contributed by atoms with Crippen LogP contribution in [-0.4, -0.2) is 11.6 Å². The number of epoxide rings is 1. The summed E-state index contributed by atoms with van der Waals surface area (Å²) in [6, 6.07) is 0. The highest BCUT2D eigenvalue weighted by molar-refractivity contribution is 7.07. The molecule has 1 aliphatic heterocycles. The van der Waals surface area contributed by atoms with Crippen LogP contribution in [0, 0.1) is 0 Å². The van der Waals surface area contributed by atoms with Crippen LogP contribution in [0.3, 0.4) is 0 Å². The number of hydrogen-bond donors (Lipinski definition) is 0. The topological polar surface area (TPSA) is 25.4 Å². The van der Waals surface area contributed by atoms with Gasteiger partial charge >= 0.3 is 0 Å². The highest BCUT2D eigenvalue weighted by atomic mass is 32.1. The minimum absolute atomic E-state index is 0.0278. The van der Waals surface area contributed by atoms with E-state index in [9.17, 15) is 0 Å². The van der Waals surface area contributed by atoms with Gasteiger partial charge in [0.05, 0.1) is 17.8 Å². The number of aromatic nitrogens is 1. The second-order valence-corrected chi connectivity index (χ2v) is 3.11. The van der Waals surface area contributed by atoms with Gasteiger partial charge in [0.2, 0.25) is 0 Å². The molecule has 1 saturated heterocycles. The van der Waals surface area contributed by atoms with Crippen LogP contribution in [0.4, 0.5) is 0 Å². The van der Waals surface area contributed by atoms with Crippen molar-refractivity contribution in [2.24, 2.45) is 0 Å². The van der Waals surface area contributed by atoms with E-state index in [1.165, 1.54) is 0 Å². The molecule has 0 aromatic carbocycles. The first-order valence-electron chi connectivity index (χ1n) is 2.84. The summed E-state index contributed by atoms with van der Waals surface area (Å²) in [6.45, 7) is 2.89. The van der Waals surface area contributed by atoms with Crippen LogP contribution in [-0.2, 0) is 10.3 Å². The summed E-state index contributed by atoms with van der Waals surface area (Å²) in [7, 11) is 0. The van der Waals surface area contributed by atoms with Crippen molar-refractivity contribution in [3.63, 3.8) is 0 Å². The molecule has 2 heterocycles. The number of nitrogens with zero attached hydrogens (tertiary/aromatic N) is 1. The van der Waals surface area contributed by atoms with Gasteiger partial charge in [-0.15, -0.1) is 11.3 Å². The molecule has 0 radical (unpaired) electrons. The van der Waals surface area contributed by atoms with E-state index in [4.69, 9.17) is 4.74 Å². The highest BCUT2D eigenvalue weighted by Gasteiger charge is 2.42. The molecule has 1 aromatic rings. The van der Waals surface area contributed by atoms with E-state index in [-0.39, 0.29) is 5.60 Å². The molecule has 0 N–H and O–H groups in total. The summed E-state index contributed by atoms with van der Waals surface area (Å²) < 4.78 is 5.18. The molecule has 0 bridgehead atoms. The van der Waals surface area contributed by atoms with Crippen LogP contribution in [0.2, 0.25) is 0 Å². The maximum absolute atomic E-state index is 5.18. The fraction of sp³-hybridized carbons (Fsp3) is 0.500. The molecule has 48 valence electrons. The molecule has 1 atom stereocenters. The lowest BCUT2D eigenvalue weighted by Gasteiger charge is -1.95. The Labute approximate surface area is 57.5 Å². The highest BCUT2D eigenvalue weighted by Crippen LogP contribution is 2.37. The first kappa shape index (κ1) is 5.38. The summed E-state index contributed by atoms with van der Waals surface area (Å²) in [4.78, 5) is 4.14. The maximum atomic E-state index is 5.18. The van der Waals surface area contributed by atoms with E-state index in [1.54, 1.807) is 11.3 Å². The van der Waals surface area contributed by atoms with Crippen molar-refractivity contribution in [3.05, 3.63) is 16.6 Å².